The molecule has 0 saturated heterocycles. The van der Waals surface area contributed by atoms with Crippen molar-refractivity contribution in [1.82, 2.24) is 19.8 Å². The van der Waals surface area contributed by atoms with Gasteiger partial charge in [-0.2, -0.15) is 0 Å². The molecule has 1 amide bonds. The Bertz CT molecular complexity index is 820. The number of rotatable bonds is 8. The van der Waals surface area contributed by atoms with Gasteiger partial charge in [-0.1, -0.05) is 6.08 Å². The molecule has 2 heterocycles. The molecule has 2 aromatic heterocycles. The lowest BCUT2D eigenvalue weighted by atomic mass is 10.1. The van der Waals surface area contributed by atoms with Gasteiger partial charge in [0.1, 0.15) is 17.5 Å². The molecule has 0 bridgehead atoms. The minimum Gasteiger partial charge on any atom is -0.442 e. The molecule has 2 rings (SSSR count). The molecule has 1 unspecified atom stereocenters. The lowest BCUT2D eigenvalue weighted by molar-refractivity contribution is 0.0937. The van der Waals surface area contributed by atoms with Crippen LogP contribution in [-0.4, -0.2) is 47.0 Å². The van der Waals surface area contributed by atoms with E-state index in [0.717, 1.165) is 19.4 Å². The third-order valence-electron chi connectivity index (χ3n) is 4.03. The highest BCUT2D eigenvalue weighted by atomic mass is 16.3. The van der Waals surface area contributed by atoms with Gasteiger partial charge in [-0.3, -0.25) is 14.2 Å². The molecule has 7 nitrogen and oxygen atoms in total. The van der Waals surface area contributed by atoms with Crippen LogP contribution in [0.25, 0.3) is 11.1 Å². The van der Waals surface area contributed by atoms with E-state index in [1.54, 1.807) is 13.0 Å². The molecule has 7 heteroatoms. The zero-order valence-electron chi connectivity index (χ0n) is 15.3. The van der Waals surface area contributed by atoms with Crippen LogP contribution >= 0.6 is 0 Å². The molecular formula is C18H26N4O3. The lowest BCUT2D eigenvalue weighted by Crippen LogP contribution is -2.34. The number of nitrogens with one attached hydrogen (secondary N) is 1. The number of amides is 1. The molecule has 0 spiro atoms. The van der Waals surface area contributed by atoms with E-state index in [1.165, 1.54) is 10.9 Å². The van der Waals surface area contributed by atoms with Gasteiger partial charge in [0.2, 0.25) is 5.71 Å². The quantitative estimate of drug-likeness (QED) is 0.739. The first kappa shape index (κ1) is 18.9. The van der Waals surface area contributed by atoms with Crippen LogP contribution in [0.4, 0.5) is 0 Å². The van der Waals surface area contributed by atoms with Crippen LogP contribution in [-0.2, 0) is 6.54 Å². The van der Waals surface area contributed by atoms with Crippen LogP contribution in [0.15, 0.2) is 28.2 Å². The smallest absolute Gasteiger partial charge is 0.265 e. The first-order valence-electron chi connectivity index (χ1n) is 8.40. The zero-order valence-corrected chi connectivity index (χ0v) is 15.3. The summed E-state index contributed by atoms with van der Waals surface area (Å²) >= 11 is 0. The van der Waals surface area contributed by atoms with Gasteiger partial charge in [0, 0.05) is 12.6 Å². The van der Waals surface area contributed by atoms with Crippen molar-refractivity contribution < 1.29 is 9.21 Å². The minimum absolute atomic E-state index is 0.00359. The third-order valence-corrected chi connectivity index (χ3v) is 4.03. The Hall–Kier alpha value is -2.41. The lowest BCUT2D eigenvalue weighted by Gasteiger charge is -2.15. The van der Waals surface area contributed by atoms with Crippen LogP contribution < -0.4 is 10.9 Å². The number of allylic oxidation sites excluding steroid dienone is 1. The first-order valence-corrected chi connectivity index (χ1v) is 8.40. The topological polar surface area (TPSA) is 80.4 Å². The Morgan fingerprint density at radius 2 is 2.24 bits per heavy atom. The number of aromatic nitrogens is 2. The average molecular weight is 346 g/mol. The molecule has 0 fully saturated rings. The zero-order chi connectivity index (χ0) is 18.6. The van der Waals surface area contributed by atoms with E-state index < -0.39 is 0 Å². The van der Waals surface area contributed by atoms with Gasteiger partial charge in [0.15, 0.2) is 0 Å². The molecule has 0 aromatic carbocycles. The summed E-state index contributed by atoms with van der Waals surface area (Å²) in [4.78, 5) is 31.6. The second-order valence-electron chi connectivity index (χ2n) is 6.52. The molecule has 1 N–H and O–H groups in total. The van der Waals surface area contributed by atoms with Gasteiger partial charge >= 0.3 is 0 Å². The van der Waals surface area contributed by atoms with Crippen molar-refractivity contribution in [2.75, 3.05) is 20.6 Å². The Kier molecular flexibility index (Phi) is 6.14. The molecule has 0 aliphatic rings. The van der Waals surface area contributed by atoms with Gasteiger partial charge < -0.3 is 14.6 Å². The van der Waals surface area contributed by atoms with E-state index in [9.17, 15) is 9.59 Å². The van der Waals surface area contributed by atoms with Crippen LogP contribution in [0.3, 0.4) is 0 Å². The Balaban J connectivity index is 2.25. The Morgan fingerprint density at radius 1 is 1.52 bits per heavy atom. The predicted molar refractivity (Wildman–Crippen MR) is 97.9 cm³/mol. The summed E-state index contributed by atoms with van der Waals surface area (Å²) < 4.78 is 6.91. The fourth-order valence-electron chi connectivity index (χ4n) is 2.76. The molecule has 0 aliphatic heterocycles. The molecule has 1 atom stereocenters. The number of carbonyl (C=O) groups excluding carboxylic acids is 1. The molecule has 0 saturated carbocycles. The Labute approximate surface area is 147 Å². The summed E-state index contributed by atoms with van der Waals surface area (Å²) in [6.07, 6.45) is 4.85. The Morgan fingerprint density at radius 3 is 2.88 bits per heavy atom. The highest BCUT2D eigenvalue weighted by molar-refractivity contribution is 6.06. The van der Waals surface area contributed by atoms with Crippen molar-refractivity contribution in [3.8, 4) is 0 Å². The largest absolute Gasteiger partial charge is 0.442 e. The normalized spacial score (nSPS) is 12.5. The van der Waals surface area contributed by atoms with Gasteiger partial charge in [0.05, 0.1) is 5.56 Å². The first-order chi connectivity index (χ1) is 11.8. The van der Waals surface area contributed by atoms with Gasteiger partial charge in [-0.25, -0.2) is 4.98 Å². The number of hydrogen-bond acceptors (Lipinski definition) is 5. The second-order valence-corrected chi connectivity index (χ2v) is 6.52. The molecule has 2 aromatic rings. The summed E-state index contributed by atoms with van der Waals surface area (Å²) in [5.74, 6) is 0.0952. The molecule has 25 heavy (non-hydrogen) atoms. The summed E-state index contributed by atoms with van der Waals surface area (Å²) in [7, 11) is 4.04. The fraction of sp³-hybridized carbons (Fsp3) is 0.500. The standard InChI is InChI=1S/C18H26N4O3/c1-6-9-22-11-19-17-15(18(22)24)14(13(3)25-17)16(23)20-12(2)8-7-10-21(4)5/h6,11-12H,1,7-10H2,2-5H3,(H,20,23). The number of aryl methyl sites for hydroxylation is 1. The van der Waals surface area contributed by atoms with Crippen molar-refractivity contribution in [3.05, 3.63) is 40.7 Å². The summed E-state index contributed by atoms with van der Waals surface area (Å²) in [6.45, 7) is 8.55. The molecule has 0 aliphatic carbocycles. The van der Waals surface area contributed by atoms with Gasteiger partial charge in [0.25, 0.3) is 11.5 Å². The summed E-state index contributed by atoms with van der Waals surface area (Å²) in [5.41, 5.74) is 0.158. The van der Waals surface area contributed by atoms with E-state index in [2.05, 4.69) is 21.8 Å². The van der Waals surface area contributed by atoms with E-state index in [0.29, 0.717) is 12.3 Å². The monoisotopic (exact) mass is 346 g/mol. The number of nitrogens with zero attached hydrogens (tertiary/aromatic N) is 3. The number of carbonyl (C=O) groups is 1. The van der Waals surface area contributed by atoms with Gasteiger partial charge in [-0.15, -0.1) is 6.58 Å². The summed E-state index contributed by atoms with van der Waals surface area (Å²) in [6, 6.07) is 0.00359. The summed E-state index contributed by atoms with van der Waals surface area (Å²) in [5, 5.41) is 3.18. The van der Waals surface area contributed by atoms with E-state index in [-0.39, 0.29) is 34.2 Å². The maximum atomic E-state index is 12.7. The third kappa shape index (κ3) is 4.36. The van der Waals surface area contributed by atoms with Crippen molar-refractivity contribution in [1.29, 1.82) is 0 Å². The van der Waals surface area contributed by atoms with Crippen LogP contribution in [0.1, 0.15) is 35.9 Å². The molecule has 136 valence electrons. The van der Waals surface area contributed by atoms with Crippen molar-refractivity contribution in [2.24, 2.45) is 0 Å². The van der Waals surface area contributed by atoms with E-state index >= 15 is 0 Å². The number of hydrogen-bond donors (Lipinski definition) is 1. The van der Waals surface area contributed by atoms with Crippen molar-refractivity contribution >= 4 is 17.0 Å². The maximum Gasteiger partial charge on any atom is 0.265 e. The second kappa shape index (κ2) is 8.11. The minimum atomic E-state index is -0.302. The van der Waals surface area contributed by atoms with Gasteiger partial charge in [-0.05, 0) is 47.3 Å². The number of furan rings is 1. The maximum absolute atomic E-state index is 12.7. The molecule has 0 radical (unpaired) electrons. The molecular weight excluding hydrogens is 320 g/mol. The fourth-order valence-corrected chi connectivity index (χ4v) is 2.76. The SMILES string of the molecule is C=CCn1cnc2oc(C)c(C(=O)NC(C)CCCN(C)C)c2c1=O. The number of fused-ring (bicyclic) bond motifs is 1. The predicted octanol–water partition coefficient (Wildman–Crippen LogP) is 1.94. The van der Waals surface area contributed by atoms with Crippen LogP contribution in [0, 0.1) is 6.92 Å². The van der Waals surface area contributed by atoms with Crippen molar-refractivity contribution in [2.45, 2.75) is 39.3 Å². The van der Waals surface area contributed by atoms with E-state index in [1.807, 2.05) is 21.0 Å². The van der Waals surface area contributed by atoms with Crippen LogP contribution in [0.5, 0.6) is 0 Å². The highest BCUT2D eigenvalue weighted by Crippen LogP contribution is 2.21. The highest BCUT2D eigenvalue weighted by Gasteiger charge is 2.23. The average Bonchev–Trinajstić information content (AvgIpc) is 2.87. The van der Waals surface area contributed by atoms with Crippen LogP contribution in [0.2, 0.25) is 0 Å². The van der Waals surface area contributed by atoms with Crippen molar-refractivity contribution in [3.63, 3.8) is 0 Å². The van der Waals surface area contributed by atoms with E-state index in [4.69, 9.17) is 4.42 Å².